The number of para-hydroxylation sites is 1. The van der Waals surface area contributed by atoms with Gasteiger partial charge in [-0.05, 0) is 49.6 Å². The lowest BCUT2D eigenvalue weighted by molar-refractivity contribution is -0.127. The predicted molar refractivity (Wildman–Crippen MR) is 134 cm³/mol. The minimum absolute atomic E-state index is 0.0931. The van der Waals surface area contributed by atoms with Crippen LogP contribution in [0.1, 0.15) is 59.8 Å². The number of aryl methyl sites for hydroxylation is 1. The second-order valence-corrected chi connectivity index (χ2v) is 8.92. The molecule has 2 aromatic carbocycles. The summed E-state index contributed by atoms with van der Waals surface area (Å²) in [5.41, 5.74) is 2.34. The number of anilines is 1. The SMILES string of the molecule is Cc1ccc(C(C(=O)NC2CCCCC2)N(C(=O)CNC(=O)c2ccco2)c2ccccc2)cc1. The molecule has 7 heteroatoms. The molecule has 2 N–H and O–H groups in total. The number of furan rings is 1. The highest BCUT2D eigenvalue weighted by atomic mass is 16.3. The molecule has 35 heavy (non-hydrogen) atoms. The van der Waals surface area contributed by atoms with E-state index in [1.165, 1.54) is 23.7 Å². The summed E-state index contributed by atoms with van der Waals surface area (Å²) in [5, 5.41) is 5.80. The number of hydrogen-bond acceptors (Lipinski definition) is 4. The average molecular weight is 474 g/mol. The molecule has 0 saturated heterocycles. The summed E-state index contributed by atoms with van der Waals surface area (Å²) in [6.07, 6.45) is 6.62. The molecule has 1 fully saturated rings. The molecule has 182 valence electrons. The standard InChI is InChI=1S/C28H31N3O4/c1-20-14-16-21(17-15-20)26(28(34)30-22-9-4-2-5-10-22)31(23-11-6-3-7-12-23)25(32)19-29-27(33)24-13-8-18-35-24/h3,6-8,11-18,22,26H,2,4-5,9-10,19H2,1H3,(H,29,33)(H,30,34). The first-order valence-corrected chi connectivity index (χ1v) is 12.1. The fourth-order valence-corrected chi connectivity index (χ4v) is 4.46. The van der Waals surface area contributed by atoms with Crippen LogP contribution in [-0.4, -0.2) is 30.3 Å². The molecule has 0 spiro atoms. The molecule has 3 amide bonds. The second kappa shape index (κ2) is 11.5. The lowest BCUT2D eigenvalue weighted by Crippen LogP contribution is -2.49. The number of rotatable bonds is 8. The van der Waals surface area contributed by atoms with E-state index in [1.807, 2.05) is 49.4 Å². The molecule has 1 aromatic heterocycles. The largest absolute Gasteiger partial charge is 0.459 e. The average Bonchev–Trinajstić information content (AvgIpc) is 3.43. The van der Waals surface area contributed by atoms with Crippen molar-refractivity contribution in [1.82, 2.24) is 10.6 Å². The molecule has 1 saturated carbocycles. The highest BCUT2D eigenvalue weighted by Gasteiger charge is 2.34. The van der Waals surface area contributed by atoms with Gasteiger partial charge < -0.3 is 15.1 Å². The van der Waals surface area contributed by atoms with Crippen molar-refractivity contribution in [1.29, 1.82) is 0 Å². The zero-order valence-corrected chi connectivity index (χ0v) is 19.9. The molecule has 0 aliphatic heterocycles. The number of nitrogens with one attached hydrogen (secondary N) is 2. The van der Waals surface area contributed by atoms with Crippen molar-refractivity contribution in [2.24, 2.45) is 0 Å². The Labute approximate surface area is 205 Å². The van der Waals surface area contributed by atoms with Gasteiger partial charge in [-0.3, -0.25) is 19.3 Å². The van der Waals surface area contributed by atoms with Crippen molar-refractivity contribution in [3.63, 3.8) is 0 Å². The number of nitrogens with zero attached hydrogens (tertiary/aromatic N) is 1. The van der Waals surface area contributed by atoms with Crippen LogP contribution in [0, 0.1) is 6.92 Å². The summed E-state index contributed by atoms with van der Waals surface area (Å²) in [7, 11) is 0. The Morgan fingerprint density at radius 1 is 0.943 bits per heavy atom. The summed E-state index contributed by atoms with van der Waals surface area (Å²) >= 11 is 0. The van der Waals surface area contributed by atoms with Gasteiger partial charge in [0.25, 0.3) is 5.91 Å². The fourth-order valence-electron chi connectivity index (χ4n) is 4.46. The van der Waals surface area contributed by atoms with E-state index >= 15 is 0 Å². The van der Waals surface area contributed by atoms with Gasteiger partial charge >= 0.3 is 0 Å². The number of carbonyl (C=O) groups excluding carboxylic acids is 3. The summed E-state index contributed by atoms with van der Waals surface area (Å²) in [5.74, 6) is -1.00. The van der Waals surface area contributed by atoms with Gasteiger partial charge in [0.1, 0.15) is 6.04 Å². The van der Waals surface area contributed by atoms with Gasteiger partial charge in [0.2, 0.25) is 11.8 Å². The first-order chi connectivity index (χ1) is 17.0. The van der Waals surface area contributed by atoms with Crippen LogP contribution in [0.2, 0.25) is 0 Å². The van der Waals surface area contributed by atoms with Crippen LogP contribution in [0.25, 0.3) is 0 Å². The maximum atomic E-state index is 13.7. The maximum Gasteiger partial charge on any atom is 0.287 e. The van der Waals surface area contributed by atoms with E-state index in [0.717, 1.165) is 31.2 Å². The predicted octanol–water partition coefficient (Wildman–Crippen LogP) is 4.54. The van der Waals surface area contributed by atoms with Gasteiger partial charge in [0.15, 0.2) is 5.76 Å². The normalized spacial score (nSPS) is 14.7. The highest BCUT2D eigenvalue weighted by molar-refractivity contribution is 6.04. The van der Waals surface area contributed by atoms with E-state index < -0.39 is 17.9 Å². The Kier molecular flexibility index (Phi) is 7.98. The summed E-state index contributed by atoms with van der Waals surface area (Å²) in [4.78, 5) is 41.2. The fraction of sp³-hybridized carbons (Fsp3) is 0.321. The van der Waals surface area contributed by atoms with E-state index in [-0.39, 0.29) is 24.3 Å². The van der Waals surface area contributed by atoms with Crippen molar-refractivity contribution in [3.05, 3.63) is 89.9 Å². The molecule has 0 radical (unpaired) electrons. The quantitative estimate of drug-likeness (QED) is 0.502. The summed E-state index contributed by atoms with van der Waals surface area (Å²) in [6, 6.07) is 19.1. The van der Waals surface area contributed by atoms with Crippen LogP contribution >= 0.6 is 0 Å². The second-order valence-electron chi connectivity index (χ2n) is 8.92. The Bertz CT molecular complexity index is 1120. The lowest BCUT2D eigenvalue weighted by atomic mass is 9.94. The lowest BCUT2D eigenvalue weighted by Gasteiger charge is -2.33. The summed E-state index contributed by atoms with van der Waals surface area (Å²) < 4.78 is 5.12. The molecular weight excluding hydrogens is 442 g/mol. The first kappa shape index (κ1) is 24.3. The third kappa shape index (κ3) is 6.18. The van der Waals surface area contributed by atoms with E-state index in [4.69, 9.17) is 4.42 Å². The van der Waals surface area contributed by atoms with Crippen LogP contribution in [0.4, 0.5) is 5.69 Å². The third-order valence-electron chi connectivity index (χ3n) is 6.30. The molecule has 1 unspecified atom stereocenters. The van der Waals surface area contributed by atoms with Crippen LogP contribution in [0.15, 0.2) is 77.4 Å². The molecule has 1 heterocycles. The van der Waals surface area contributed by atoms with Crippen molar-refractivity contribution in [3.8, 4) is 0 Å². The number of hydrogen-bond donors (Lipinski definition) is 2. The molecule has 0 bridgehead atoms. The zero-order valence-electron chi connectivity index (χ0n) is 19.9. The topological polar surface area (TPSA) is 91.7 Å². The molecule has 3 aromatic rings. The van der Waals surface area contributed by atoms with Crippen LogP contribution in [-0.2, 0) is 9.59 Å². The molecule has 1 atom stereocenters. The van der Waals surface area contributed by atoms with Gasteiger partial charge in [-0.25, -0.2) is 0 Å². The smallest absolute Gasteiger partial charge is 0.287 e. The molecular formula is C28H31N3O4. The Morgan fingerprint density at radius 3 is 2.31 bits per heavy atom. The van der Waals surface area contributed by atoms with Crippen LogP contribution < -0.4 is 15.5 Å². The van der Waals surface area contributed by atoms with Crippen molar-refractivity contribution >= 4 is 23.4 Å². The molecule has 1 aliphatic carbocycles. The number of amides is 3. The number of benzene rings is 2. The molecule has 4 rings (SSSR count). The van der Waals surface area contributed by atoms with Crippen LogP contribution in [0.5, 0.6) is 0 Å². The molecule has 1 aliphatic rings. The van der Waals surface area contributed by atoms with Gasteiger partial charge in [0, 0.05) is 11.7 Å². The minimum Gasteiger partial charge on any atom is -0.459 e. The summed E-state index contributed by atoms with van der Waals surface area (Å²) in [6.45, 7) is 1.69. The number of carbonyl (C=O) groups is 3. The van der Waals surface area contributed by atoms with Crippen LogP contribution in [0.3, 0.4) is 0 Å². The first-order valence-electron chi connectivity index (χ1n) is 12.1. The van der Waals surface area contributed by atoms with Gasteiger partial charge in [-0.15, -0.1) is 0 Å². The Morgan fingerprint density at radius 2 is 1.66 bits per heavy atom. The minimum atomic E-state index is -0.882. The van der Waals surface area contributed by atoms with Crippen molar-refractivity contribution in [2.75, 3.05) is 11.4 Å². The maximum absolute atomic E-state index is 13.7. The van der Waals surface area contributed by atoms with Gasteiger partial charge in [-0.1, -0.05) is 67.3 Å². The van der Waals surface area contributed by atoms with Crippen molar-refractivity contribution in [2.45, 2.75) is 51.1 Å². The van der Waals surface area contributed by atoms with E-state index in [9.17, 15) is 14.4 Å². The Balaban J connectivity index is 1.65. The Hall–Kier alpha value is -3.87. The third-order valence-corrected chi connectivity index (χ3v) is 6.30. The van der Waals surface area contributed by atoms with Gasteiger partial charge in [-0.2, -0.15) is 0 Å². The van der Waals surface area contributed by atoms with E-state index in [0.29, 0.717) is 11.3 Å². The zero-order chi connectivity index (χ0) is 24.6. The van der Waals surface area contributed by atoms with Gasteiger partial charge in [0.05, 0.1) is 12.8 Å². The van der Waals surface area contributed by atoms with E-state index in [1.54, 1.807) is 18.2 Å². The van der Waals surface area contributed by atoms with Crippen molar-refractivity contribution < 1.29 is 18.8 Å². The van der Waals surface area contributed by atoms with E-state index in [2.05, 4.69) is 10.6 Å². The molecule has 7 nitrogen and oxygen atoms in total. The highest BCUT2D eigenvalue weighted by Crippen LogP contribution is 2.29. The monoisotopic (exact) mass is 473 g/mol.